The van der Waals surface area contributed by atoms with Crippen molar-refractivity contribution in [3.05, 3.63) is 0 Å². The normalized spacial score (nSPS) is 32.2. The van der Waals surface area contributed by atoms with E-state index in [1.165, 1.54) is 45.2 Å². The molecule has 2 N–H and O–H groups in total. The van der Waals surface area contributed by atoms with Crippen LogP contribution >= 0.6 is 0 Å². The third-order valence-corrected chi connectivity index (χ3v) is 3.51. The van der Waals surface area contributed by atoms with Crippen LogP contribution in [0.25, 0.3) is 0 Å². The highest BCUT2D eigenvalue weighted by molar-refractivity contribution is 4.85. The molecule has 0 aromatic heterocycles. The van der Waals surface area contributed by atoms with Crippen LogP contribution in [0.1, 0.15) is 32.1 Å². The van der Waals surface area contributed by atoms with Crippen LogP contribution < -0.4 is 5.73 Å². The van der Waals surface area contributed by atoms with Gasteiger partial charge in [-0.05, 0) is 25.2 Å². The Balaban J connectivity index is 1.71. The van der Waals surface area contributed by atoms with Gasteiger partial charge in [-0.2, -0.15) is 0 Å². The Hall–Kier alpha value is -0.0800. The van der Waals surface area contributed by atoms with E-state index >= 15 is 0 Å². The molecule has 2 rings (SSSR count). The number of nitrogens with zero attached hydrogens (tertiary/aromatic N) is 1. The molecule has 0 spiro atoms. The number of nitrogens with two attached hydrogens (primary N) is 1. The second-order valence-corrected chi connectivity index (χ2v) is 4.32. The van der Waals surface area contributed by atoms with Crippen molar-refractivity contribution >= 4 is 0 Å². The van der Waals surface area contributed by atoms with Crippen molar-refractivity contribution < 1.29 is 0 Å². The monoisotopic (exact) mass is 168 g/mol. The van der Waals surface area contributed by atoms with E-state index in [0.29, 0.717) is 0 Å². The molecule has 70 valence electrons. The van der Waals surface area contributed by atoms with Gasteiger partial charge in [0, 0.05) is 25.7 Å². The lowest BCUT2D eigenvalue weighted by Gasteiger charge is -2.41. The molecular formula is C10H20N2. The highest BCUT2D eigenvalue weighted by Crippen LogP contribution is 2.28. The molecule has 12 heavy (non-hydrogen) atoms. The van der Waals surface area contributed by atoms with E-state index in [4.69, 9.17) is 5.73 Å². The van der Waals surface area contributed by atoms with Gasteiger partial charge in [-0.25, -0.2) is 0 Å². The molecule has 0 amide bonds. The minimum atomic E-state index is 0.727. The Labute approximate surface area is 75.1 Å². The Morgan fingerprint density at radius 1 is 1.17 bits per heavy atom. The fraction of sp³-hybridized carbons (Fsp3) is 1.00. The van der Waals surface area contributed by atoms with Gasteiger partial charge in [-0.1, -0.05) is 12.8 Å². The second kappa shape index (κ2) is 3.75. The molecule has 1 saturated carbocycles. The van der Waals surface area contributed by atoms with Gasteiger partial charge in [0.2, 0.25) is 0 Å². The van der Waals surface area contributed by atoms with Crippen molar-refractivity contribution in [2.24, 2.45) is 11.7 Å². The van der Waals surface area contributed by atoms with E-state index in [9.17, 15) is 0 Å². The van der Waals surface area contributed by atoms with Crippen LogP contribution in [0.15, 0.2) is 0 Å². The molecule has 2 aliphatic rings. The van der Waals surface area contributed by atoms with Crippen molar-refractivity contribution in [1.29, 1.82) is 0 Å². The lowest BCUT2D eigenvalue weighted by atomic mass is 9.99. The average molecular weight is 168 g/mol. The molecule has 1 aliphatic heterocycles. The van der Waals surface area contributed by atoms with Crippen molar-refractivity contribution in [1.82, 2.24) is 4.90 Å². The van der Waals surface area contributed by atoms with Gasteiger partial charge in [0.1, 0.15) is 0 Å². The van der Waals surface area contributed by atoms with Crippen molar-refractivity contribution in [2.45, 2.75) is 38.1 Å². The largest absolute Gasteiger partial charge is 0.329 e. The van der Waals surface area contributed by atoms with E-state index in [-0.39, 0.29) is 0 Å². The molecule has 0 aromatic rings. The maximum atomic E-state index is 5.66. The van der Waals surface area contributed by atoms with Crippen LogP contribution in [0.5, 0.6) is 0 Å². The minimum Gasteiger partial charge on any atom is -0.329 e. The number of hydrogen-bond donors (Lipinski definition) is 1. The third-order valence-electron chi connectivity index (χ3n) is 3.51. The summed E-state index contributed by atoms with van der Waals surface area (Å²) in [6, 6.07) is 0.727. The first-order valence-electron chi connectivity index (χ1n) is 5.34. The maximum absolute atomic E-state index is 5.66. The molecule has 0 radical (unpaired) electrons. The molecule has 1 heterocycles. The number of hydrogen-bond acceptors (Lipinski definition) is 2. The molecular weight excluding hydrogens is 148 g/mol. The van der Waals surface area contributed by atoms with E-state index in [1.54, 1.807) is 0 Å². The second-order valence-electron chi connectivity index (χ2n) is 4.32. The summed E-state index contributed by atoms with van der Waals surface area (Å²) < 4.78 is 0. The van der Waals surface area contributed by atoms with Crippen molar-refractivity contribution in [3.8, 4) is 0 Å². The molecule has 0 bridgehead atoms. The smallest absolute Gasteiger partial charge is 0.0230 e. The SMILES string of the molecule is NCC1CCN1CC1CCCC1. The van der Waals surface area contributed by atoms with E-state index in [0.717, 1.165) is 18.5 Å². The molecule has 1 unspecified atom stereocenters. The summed E-state index contributed by atoms with van der Waals surface area (Å²) in [5.41, 5.74) is 5.66. The van der Waals surface area contributed by atoms with E-state index in [1.807, 2.05) is 0 Å². The number of likely N-dealkylation sites (tertiary alicyclic amines) is 1. The van der Waals surface area contributed by atoms with Crippen molar-refractivity contribution in [2.75, 3.05) is 19.6 Å². The summed E-state index contributed by atoms with van der Waals surface area (Å²) >= 11 is 0. The van der Waals surface area contributed by atoms with Gasteiger partial charge in [-0.3, -0.25) is 4.90 Å². The molecule has 0 aromatic carbocycles. The predicted molar refractivity (Wildman–Crippen MR) is 51.0 cm³/mol. The zero-order valence-corrected chi connectivity index (χ0v) is 7.84. The van der Waals surface area contributed by atoms with Gasteiger partial charge in [0.25, 0.3) is 0 Å². The summed E-state index contributed by atoms with van der Waals surface area (Å²) in [7, 11) is 0. The lowest BCUT2D eigenvalue weighted by molar-refractivity contribution is 0.0778. The quantitative estimate of drug-likeness (QED) is 0.686. The zero-order valence-electron chi connectivity index (χ0n) is 7.84. The fourth-order valence-corrected chi connectivity index (χ4v) is 2.53. The summed E-state index contributed by atoms with van der Waals surface area (Å²) in [5.74, 6) is 0.999. The first-order valence-corrected chi connectivity index (χ1v) is 5.34. The molecule has 1 saturated heterocycles. The predicted octanol–water partition coefficient (Wildman–Crippen LogP) is 1.21. The van der Waals surface area contributed by atoms with E-state index in [2.05, 4.69) is 4.90 Å². The first-order chi connectivity index (χ1) is 5.90. The summed E-state index contributed by atoms with van der Waals surface area (Å²) in [4.78, 5) is 2.58. The molecule has 1 atom stereocenters. The minimum absolute atomic E-state index is 0.727. The zero-order chi connectivity index (χ0) is 8.39. The topological polar surface area (TPSA) is 29.3 Å². The number of rotatable bonds is 3. The standard InChI is InChI=1S/C10H20N2/c11-7-10-5-6-12(10)8-9-3-1-2-4-9/h9-10H,1-8,11H2. The van der Waals surface area contributed by atoms with Crippen LogP contribution in [0.4, 0.5) is 0 Å². The molecule has 2 heteroatoms. The molecule has 1 aliphatic carbocycles. The summed E-state index contributed by atoms with van der Waals surface area (Å²) in [6.45, 7) is 3.51. The maximum Gasteiger partial charge on any atom is 0.0230 e. The molecule has 2 nitrogen and oxygen atoms in total. The van der Waals surface area contributed by atoms with Crippen molar-refractivity contribution in [3.63, 3.8) is 0 Å². The highest BCUT2D eigenvalue weighted by atomic mass is 15.2. The van der Waals surface area contributed by atoms with Gasteiger partial charge >= 0.3 is 0 Å². The van der Waals surface area contributed by atoms with Crippen LogP contribution in [-0.2, 0) is 0 Å². The average Bonchev–Trinajstić information content (AvgIpc) is 2.51. The van der Waals surface area contributed by atoms with Gasteiger partial charge in [0.15, 0.2) is 0 Å². The highest BCUT2D eigenvalue weighted by Gasteiger charge is 2.29. The third kappa shape index (κ3) is 1.64. The van der Waals surface area contributed by atoms with Crippen LogP contribution in [0.3, 0.4) is 0 Å². The lowest BCUT2D eigenvalue weighted by Crippen LogP contribution is -2.53. The van der Waals surface area contributed by atoms with Gasteiger partial charge in [-0.15, -0.1) is 0 Å². The Kier molecular flexibility index (Phi) is 2.66. The molecule has 2 fully saturated rings. The Morgan fingerprint density at radius 2 is 1.92 bits per heavy atom. The Bertz CT molecular complexity index is 139. The van der Waals surface area contributed by atoms with E-state index < -0.39 is 0 Å². The van der Waals surface area contributed by atoms with Gasteiger partial charge < -0.3 is 5.73 Å². The van der Waals surface area contributed by atoms with Crippen LogP contribution in [0.2, 0.25) is 0 Å². The fourth-order valence-electron chi connectivity index (χ4n) is 2.53. The first kappa shape index (κ1) is 8.52. The van der Waals surface area contributed by atoms with Crippen LogP contribution in [0, 0.1) is 5.92 Å². The summed E-state index contributed by atoms with van der Waals surface area (Å²) in [6.07, 6.45) is 7.20. The van der Waals surface area contributed by atoms with Crippen LogP contribution in [-0.4, -0.2) is 30.6 Å². The van der Waals surface area contributed by atoms with Gasteiger partial charge in [0.05, 0.1) is 0 Å². The summed E-state index contributed by atoms with van der Waals surface area (Å²) in [5, 5.41) is 0. The Morgan fingerprint density at radius 3 is 2.42 bits per heavy atom.